The molecule has 0 unspecified atom stereocenters. The van der Waals surface area contributed by atoms with Crippen molar-refractivity contribution >= 4 is 16.8 Å². The number of phenolic OH excluding ortho intramolecular Hbond substituents is 1. The van der Waals surface area contributed by atoms with Crippen molar-refractivity contribution in [1.29, 1.82) is 0 Å². The summed E-state index contributed by atoms with van der Waals surface area (Å²) >= 11 is 0. The number of aromatic hydroxyl groups is 1. The Morgan fingerprint density at radius 3 is 2.62 bits per heavy atom. The van der Waals surface area contributed by atoms with E-state index in [4.69, 9.17) is 0 Å². The van der Waals surface area contributed by atoms with Gasteiger partial charge in [-0.25, -0.2) is 8.78 Å². The third kappa shape index (κ3) is 3.35. The molecular formula is C19H21F2N3O2. The highest BCUT2D eigenvalue weighted by molar-refractivity contribution is 5.97. The number of aromatic nitrogens is 1. The van der Waals surface area contributed by atoms with Gasteiger partial charge in [-0.05, 0) is 37.8 Å². The second-order valence-corrected chi connectivity index (χ2v) is 7.25. The standard InChI is InChI=1S/C19H21F2N3O2/c20-13-9-24(10-13)15-3-1-14(2-4-15)23-19(26)12-5-11-6-16(21)18(25)7-17(11)22-8-12/h5-8,13-15,25H,1-4,9-10H2,(H,23,26). The molecule has 4 rings (SSSR count). The number of alkyl halides is 1. The maximum atomic E-state index is 13.5. The molecule has 1 aliphatic carbocycles. The van der Waals surface area contributed by atoms with E-state index in [-0.39, 0.29) is 11.9 Å². The number of carbonyl (C=O) groups excluding carboxylic acids is 1. The van der Waals surface area contributed by atoms with E-state index in [2.05, 4.69) is 15.2 Å². The van der Waals surface area contributed by atoms with Crippen molar-refractivity contribution in [2.24, 2.45) is 0 Å². The van der Waals surface area contributed by atoms with Crippen LogP contribution < -0.4 is 5.32 Å². The van der Waals surface area contributed by atoms with Gasteiger partial charge in [0, 0.05) is 42.8 Å². The summed E-state index contributed by atoms with van der Waals surface area (Å²) in [4.78, 5) is 18.8. The molecule has 26 heavy (non-hydrogen) atoms. The number of hydrogen-bond acceptors (Lipinski definition) is 4. The van der Waals surface area contributed by atoms with E-state index in [9.17, 15) is 18.7 Å². The van der Waals surface area contributed by atoms with Gasteiger partial charge < -0.3 is 10.4 Å². The van der Waals surface area contributed by atoms with Crippen molar-refractivity contribution < 1.29 is 18.7 Å². The van der Waals surface area contributed by atoms with Gasteiger partial charge in [0.05, 0.1) is 11.1 Å². The van der Waals surface area contributed by atoms with Crippen LogP contribution in [-0.2, 0) is 0 Å². The van der Waals surface area contributed by atoms with E-state index in [0.29, 0.717) is 35.6 Å². The first-order valence-electron chi connectivity index (χ1n) is 8.97. The van der Waals surface area contributed by atoms with Crippen molar-refractivity contribution in [1.82, 2.24) is 15.2 Å². The SMILES string of the molecule is O=C(NC1CCC(N2CC(F)C2)CC1)c1cnc2cc(O)c(F)cc2c1. The van der Waals surface area contributed by atoms with E-state index in [1.54, 1.807) is 6.07 Å². The molecule has 138 valence electrons. The highest BCUT2D eigenvalue weighted by Gasteiger charge is 2.34. The first kappa shape index (κ1) is 17.1. The number of amides is 1. The molecule has 2 heterocycles. The first-order valence-corrected chi connectivity index (χ1v) is 8.97. The van der Waals surface area contributed by atoms with Crippen molar-refractivity contribution in [3.8, 4) is 5.75 Å². The lowest BCUT2D eigenvalue weighted by Crippen LogP contribution is -2.55. The van der Waals surface area contributed by atoms with Gasteiger partial charge in [0.25, 0.3) is 5.91 Å². The average Bonchev–Trinajstić information content (AvgIpc) is 2.60. The molecule has 7 heteroatoms. The number of pyridine rings is 1. The van der Waals surface area contributed by atoms with E-state index < -0.39 is 17.7 Å². The number of likely N-dealkylation sites (tertiary alicyclic amines) is 1. The van der Waals surface area contributed by atoms with Gasteiger partial charge in [0.15, 0.2) is 11.6 Å². The van der Waals surface area contributed by atoms with Crippen molar-refractivity contribution in [3.05, 3.63) is 35.8 Å². The van der Waals surface area contributed by atoms with Crippen LogP contribution in [0.4, 0.5) is 8.78 Å². The van der Waals surface area contributed by atoms with Crippen LogP contribution in [0.15, 0.2) is 24.4 Å². The van der Waals surface area contributed by atoms with Crippen molar-refractivity contribution in [3.63, 3.8) is 0 Å². The summed E-state index contributed by atoms with van der Waals surface area (Å²) in [6.07, 6.45) is 4.40. The second kappa shape index (κ2) is 6.79. The molecule has 1 saturated heterocycles. The van der Waals surface area contributed by atoms with Crippen LogP contribution in [0.1, 0.15) is 36.0 Å². The summed E-state index contributed by atoms with van der Waals surface area (Å²) in [7, 11) is 0. The van der Waals surface area contributed by atoms with Gasteiger partial charge in [0.2, 0.25) is 0 Å². The zero-order valence-electron chi connectivity index (χ0n) is 14.3. The van der Waals surface area contributed by atoms with Crippen molar-refractivity contribution in [2.75, 3.05) is 13.1 Å². The third-order valence-electron chi connectivity index (χ3n) is 5.43. The van der Waals surface area contributed by atoms with Gasteiger partial charge in [-0.15, -0.1) is 0 Å². The Morgan fingerprint density at radius 1 is 1.19 bits per heavy atom. The normalized spacial score (nSPS) is 24.4. The average molecular weight is 361 g/mol. The molecule has 0 radical (unpaired) electrons. The number of carbonyl (C=O) groups is 1. The second-order valence-electron chi connectivity index (χ2n) is 7.25. The fourth-order valence-electron chi connectivity index (χ4n) is 3.87. The maximum Gasteiger partial charge on any atom is 0.253 e. The van der Waals surface area contributed by atoms with Crippen LogP contribution in [0.3, 0.4) is 0 Å². The molecule has 2 fully saturated rings. The molecule has 0 spiro atoms. The van der Waals surface area contributed by atoms with Gasteiger partial charge in [-0.1, -0.05) is 0 Å². The van der Waals surface area contributed by atoms with E-state index in [1.807, 2.05) is 0 Å². The number of fused-ring (bicyclic) bond motifs is 1. The van der Waals surface area contributed by atoms with Crippen LogP contribution in [-0.4, -0.2) is 52.2 Å². The molecule has 1 saturated carbocycles. The largest absolute Gasteiger partial charge is 0.505 e. The van der Waals surface area contributed by atoms with Gasteiger partial charge in [0.1, 0.15) is 6.17 Å². The zero-order chi connectivity index (χ0) is 18.3. The van der Waals surface area contributed by atoms with E-state index in [1.165, 1.54) is 18.3 Å². The van der Waals surface area contributed by atoms with Crippen LogP contribution in [0.5, 0.6) is 5.75 Å². The minimum Gasteiger partial charge on any atom is -0.505 e. The molecule has 2 N–H and O–H groups in total. The molecule has 1 aromatic heterocycles. The van der Waals surface area contributed by atoms with E-state index >= 15 is 0 Å². The van der Waals surface area contributed by atoms with E-state index in [0.717, 1.165) is 25.7 Å². The van der Waals surface area contributed by atoms with Crippen LogP contribution in [0.25, 0.3) is 10.9 Å². The summed E-state index contributed by atoms with van der Waals surface area (Å²) < 4.78 is 26.5. The number of nitrogens with zero attached hydrogens (tertiary/aromatic N) is 2. The van der Waals surface area contributed by atoms with Gasteiger partial charge >= 0.3 is 0 Å². The quantitative estimate of drug-likeness (QED) is 0.882. The Labute approximate surface area is 150 Å². The predicted octanol–water partition coefficient (Wildman–Crippen LogP) is 2.77. The third-order valence-corrected chi connectivity index (χ3v) is 5.43. The lowest BCUT2D eigenvalue weighted by atomic mass is 9.88. The molecule has 2 aromatic rings. The zero-order valence-corrected chi connectivity index (χ0v) is 14.3. The fourth-order valence-corrected chi connectivity index (χ4v) is 3.87. The number of rotatable bonds is 3. The minimum absolute atomic E-state index is 0.0912. The van der Waals surface area contributed by atoms with Crippen molar-refractivity contribution in [2.45, 2.75) is 43.9 Å². The number of nitrogens with one attached hydrogen (secondary N) is 1. The molecule has 1 amide bonds. The Hall–Kier alpha value is -2.28. The monoisotopic (exact) mass is 361 g/mol. The van der Waals surface area contributed by atoms with Gasteiger partial charge in [-0.3, -0.25) is 14.7 Å². The maximum absolute atomic E-state index is 13.5. The number of halogens is 2. The lowest BCUT2D eigenvalue weighted by Gasteiger charge is -2.43. The molecule has 5 nitrogen and oxygen atoms in total. The molecular weight excluding hydrogens is 340 g/mol. The summed E-state index contributed by atoms with van der Waals surface area (Å²) in [6, 6.07) is 4.50. The lowest BCUT2D eigenvalue weighted by molar-refractivity contribution is 0.0110. The first-order chi connectivity index (χ1) is 12.5. The number of phenols is 1. The minimum atomic E-state index is -0.739. The Balaban J connectivity index is 1.37. The molecule has 2 aliphatic rings. The van der Waals surface area contributed by atoms with Crippen LogP contribution in [0.2, 0.25) is 0 Å². The Bertz CT molecular complexity index is 831. The summed E-state index contributed by atoms with van der Waals surface area (Å²) in [5.74, 6) is -1.43. The highest BCUT2D eigenvalue weighted by atomic mass is 19.1. The smallest absolute Gasteiger partial charge is 0.253 e. The number of hydrogen-bond donors (Lipinski definition) is 2. The summed E-state index contributed by atoms with van der Waals surface area (Å²) in [5, 5.41) is 12.9. The fraction of sp³-hybridized carbons (Fsp3) is 0.474. The Morgan fingerprint density at radius 2 is 1.92 bits per heavy atom. The molecule has 0 bridgehead atoms. The van der Waals surface area contributed by atoms with Gasteiger partial charge in [-0.2, -0.15) is 0 Å². The topological polar surface area (TPSA) is 65.5 Å². The van der Waals surface area contributed by atoms with Crippen LogP contribution >= 0.6 is 0 Å². The van der Waals surface area contributed by atoms with Crippen LogP contribution in [0, 0.1) is 5.82 Å². The molecule has 1 aliphatic heterocycles. The summed E-state index contributed by atoms with van der Waals surface area (Å²) in [5.41, 5.74) is 0.800. The number of benzene rings is 1. The predicted molar refractivity (Wildman–Crippen MR) is 93.3 cm³/mol. The highest BCUT2D eigenvalue weighted by Crippen LogP contribution is 2.28. The summed E-state index contributed by atoms with van der Waals surface area (Å²) in [6.45, 7) is 1.08. The Kier molecular flexibility index (Phi) is 4.48. The molecule has 0 atom stereocenters. The molecule has 1 aromatic carbocycles.